The zero-order valence-electron chi connectivity index (χ0n) is 19.0. The van der Waals surface area contributed by atoms with Gasteiger partial charge in [0.2, 0.25) is 12.0 Å². The number of carbonyl (C=O) groups excluding carboxylic acids is 2. The van der Waals surface area contributed by atoms with Crippen molar-refractivity contribution in [1.82, 2.24) is 15.0 Å². The van der Waals surface area contributed by atoms with Gasteiger partial charge in [-0.1, -0.05) is 12.1 Å². The van der Waals surface area contributed by atoms with Gasteiger partial charge in [0.1, 0.15) is 5.75 Å². The molecule has 176 valence electrons. The predicted octanol–water partition coefficient (Wildman–Crippen LogP) is 3.32. The number of nitrogens with zero attached hydrogens (tertiary/aromatic N) is 5. The molecule has 0 aliphatic carbocycles. The SMILES string of the molecule is COc1nc(Nc2ccc(N=NC(C(C)=O)C(=O)Nc3ccccc3OC)cc2)nc(OC)n1. The molecule has 0 fully saturated rings. The maximum Gasteiger partial charge on any atom is 0.324 e. The Bertz CT molecular complexity index is 1160. The molecule has 1 unspecified atom stereocenters. The lowest BCUT2D eigenvalue weighted by atomic mass is 10.2. The van der Waals surface area contributed by atoms with Crippen LogP contribution in [0.15, 0.2) is 58.8 Å². The Labute approximate surface area is 195 Å². The topological polar surface area (TPSA) is 149 Å². The van der Waals surface area contributed by atoms with Crippen molar-refractivity contribution < 1.29 is 23.8 Å². The highest BCUT2D eigenvalue weighted by molar-refractivity contribution is 6.10. The molecule has 3 aromatic rings. The van der Waals surface area contributed by atoms with Crippen LogP contribution in [0.2, 0.25) is 0 Å². The van der Waals surface area contributed by atoms with Gasteiger partial charge in [-0.2, -0.15) is 20.2 Å². The van der Waals surface area contributed by atoms with E-state index in [1.54, 1.807) is 48.5 Å². The first-order valence-corrected chi connectivity index (χ1v) is 9.99. The molecular weight excluding hydrogens is 442 g/mol. The second kappa shape index (κ2) is 11.3. The lowest BCUT2D eigenvalue weighted by Crippen LogP contribution is -2.31. The van der Waals surface area contributed by atoms with Gasteiger partial charge in [-0.25, -0.2) is 0 Å². The second-order valence-corrected chi connectivity index (χ2v) is 6.72. The van der Waals surface area contributed by atoms with Crippen LogP contribution < -0.4 is 24.8 Å². The van der Waals surface area contributed by atoms with Crippen LogP contribution in [0.4, 0.5) is 23.0 Å². The van der Waals surface area contributed by atoms with Gasteiger partial charge in [0.25, 0.3) is 5.91 Å². The average Bonchev–Trinajstić information content (AvgIpc) is 2.85. The Balaban J connectivity index is 1.70. The second-order valence-electron chi connectivity index (χ2n) is 6.72. The minimum atomic E-state index is -1.31. The molecular formula is C22H23N7O5. The number of aromatic nitrogens is 3. The van der Waals surface area contributed by atoms with Gasteiger partial charge in [-0.3, -0.25) is 9.59 Å². The van der Waals surface area contributed by atoms with Gasteiger partial charge >= 0.3 is 12.0 Å². The first-order valence-electron chi connectivity index (χ1n) is 9.99. The highest BCUT2D eigenvalue weighted by Gasteiger charge is 2.24. The van der Waals surface area contributed by atoms with Crippen molar-refractivity contribution in [2.24, 2.45) is 10.2 Å². The van der Waals surface area contributed by atoms with Crippen LogP contribution in [0, 0.1) is 0 Å². The van der Waals surface area contributed by atoms with E-state index in [2.05, 4.69) is 35.8 Å². The fourth-order valence-electron chi connectivity index (χ4n) is 2.71. The molecule has 1 aromatic heterocycles. The molecule has 0 aliphatic rings. The maximum absolute atomic E-state index is 12.6. The van der Waals surface area contributed by atoms with Crippen LogP contribution in [-0.2, 0) is 9.59 Å². The number of carbonyl (C=O) groups is 2. The predicted molar refractivity (Wildman–Crippen MR) is 123 cm³/mol. The summed E-state index contributed by atoms with van der Waals surface area (Å²) in [5, 5.41) is 13.6. The molecule has 3 rings (SSSR count). The summed E-state index contributed by atoms with van der Waals surface area (Å²) in [4.78, 5) is 36.8. The number of hydrogen-bond donors (Lipinski definition) is 2. The number of ketones is 1. The van der Waals surface area contributed by atoms with Crippen molar-refractivity contribution in [3.63, 3.8) is 0 Å². The third-order valence-electron chi connectivity index (χ3n) is 4.37. The molecule has 34 heavy (non-hydrogen) atoms. The van der Waals surface area contributed by atoms with E-state index in [9.17, 15) is 9.59 Å². The fourth-order valence-corrected chi connectivity index (χ4v) is 2.71. The van der Waals surface area contributed by atoms with Crippen LogP contribution in [0.3, 0.4) is 0 Å². The van der Waals surface area contributed by atoms with E-state index in [1.165, 1.54) is 28.3 Å². The van der Waals surface area contributed by atoms with Crippen molar-refractivity contribution in [2.75, 3.05) is 32.0 Å². The quantitative estimate of drug-likeness (QED) is 0.339. The first kappa shape index (κ1) is 24.0. The molecule has 12 nitrogen and oxygen atoms in total. The fraction of sp³-hybridized carbons (Fsp3) is 0.227. The Morgan fingerprint density at radius 3 is 2.12 bits per heavy atom. The Kier molecular flexibility index (Phi) is 8.00. The summed E-state index contributed by atoms with van der Waals surface area (Å²) < 4.78 is 15.3. The van der Waals surface area contributed by atoms with E-state index >= 15 is 0 Å². The average molecular weight is 465 g/mol. The summed E-state index contributed by atoms with van der Waals surface area (Å²) in [5.41, 5.74) is 1.51. The van der Waals surface area contributed by atoms with E-state index in [0.29, 0.717) is 22.8 Å². The molecule has 1 atom stereocenters. The zero-order chi connectivity index (χ0) is 24.5. The summed E-state index contributed by atoms with van der Waals surface area (Å²) in [6, 6.07) is 12.4. The van der Waals surface area contributed by atoms with Crippen molar-refractivity contribution in [3.05, 3.63) is 48.5 Å². The minimum Gasteiger partial charge on any atom is -0.495 e. The third kappa shape index (κ3) is 6.22. The smallest absolute Gasteiger partial charge is 0.324 e. The van der Waals surface area contributed by atoms with Gasteiger partial charge < -0.3 is 24.8 Å². The Morgan fingerprint density at radius 2 is 1.53 bits per heavy atom. The van der Waals surface area contributed by atoms with Crippen molar-refractivity contribution >= 4 is 34.7 Å². The molecule has 2 aromatic carbocycles. The van der Waals surface area contributed by atoms with E-state index in [4.69, 9.17) is 14.2 Å². The highest BCUT2D eigenvalue weighted by atomic mass is 16.5. The van der Waals surface area contributed by atoms with Crippen LogP contribution in [0.1, 0.15) is 6.92 Å². The lowest BCUT2D eigenvalue weighted by Gasteiger charge is -2.12. The summed E-state index contributed by atoms with van der Waals surface area (Å²) in [6.45, 7) is 1.27. The summed E-state index contributed by atoms with van der Waals surface area (Å²) in [5.74, 6) is -0.377. The number of hydrogen-bond acceptors (Lipinski definition) is 11. The molecule has 0 saturated carbocycles. The summed E-state index contributed by atoms with van der Waals surface area (Å²) >= 11 is 0. The number of para-hydroxylation sites is 2. The number of nitrogens with one attached hydrogen (secondary N) is 2. The number of azo groups is 1. The molecule has 0 bridgehead atoms. The number of Topliss-reactive ketones (excluding diaryl/α,β-unsaturated/α-hetero) is 1. The van der Waals surface area contributed by atoms with Gasteiger partial charge in [0.15, 0.2) is 5.78 Å². The molecule has 0 spiro atoms. The molecule has 0 saturated heterocycles. The van der Waals surface area contributed by atoms with Gasteiger partial charge in [-0.15, -0.1) is 4.98 Å². The van der Waals surface area contributed by atoms with Crippen LogP contribution in [0.5, 0.6) is 17.8 Å². The lowest BCUT2D eigenvalue weighted by molar-refractivity contribution is -0.126. The molecule has 12 heteroatoms. The minimum absolute atomic E-state index is 0.0986. The third-order valence-corrected chi connectivity index (χ3v) is 4.37. The zero-order valence-corrected chi connectivity index (χ0v) is 19.0. The van der Waals surface area contributed by atoms with Gasteiger partial charge in [0, 0.05) is 5.69 Å². The molecule has 0 aliphatic heterocycles. The van der Waals surface area contributed by atoms with Crippen LogP contribution in [0.25, 0.3) is 0 Å². The highest BCUT2D eigenvalue weighted by Crippen LogP contribution is 2.24. The number of anilines is 3. The number of rotatable bonds is 10. The maximum atomic E-state index is 12.6. The van der Waals surface area contributed by atoms with Gasteiger partial charge in [-0.05, 0) is 43.3 Å². The number of ether oxygens (including phenoxy) is 3. The number of amides is 1. The normalized spacial score (nSPS) is 11.5. The van der Waals surface area contributed by atoms with Crippen molar-refractivity contribution in [1.29, 1.82) is 0 Å². The van der Waals surface area contributed by atoms with Crippen LogP contribution in [-0.4, -0.2) is 54.0 Å². The first-order chi connectivity index (χ1) is 16.4. The molecule has 1 amide bonds. The summed E-state index contributed by atoms with van der Waals surface area (Å²) in [7, 11) is 4.35. The van der Waals surface area contributed by atoms with E-state index in [-0.39, 0.29) is 18.0 Å². The number of methoxy groups -OCH3 is 3. The van der Waals surface area contributed by atoms with E-state index in [0.717, 1.165) is 0 Å². The standard InChI is InChI=1S/C22H23N7O5/c1-13(30)18(19(31)24-16-7-5-6-8-17(16)32-2)29-28-15-11-9-14(10-12-15)23-20-25-21(33-3)27-22(26-20)34-4/h5-12,18H,1-4H3,(H,24,31)(H,23,25,26,27). The Hall–Kier alpha value is -4.61. The monoisotopic (exact) mass is 465 g/mol. The summed E-state index contributed by atoms with van der Waals surface area (Å²) in [6.07, 6.45) is 0. The van der Waals surface area contributed by atoms with Crippen molar-refractivity contribution in [3.8, 4) is 17.8 Å². The van der Waals surface area contributed by atoms with E-state index in [1.807, 2.05) is 0 Å². The van der Waals surface area contributed by atoms with Crippen molar-refractivity contribution in [2.45, 2.75) is 13.0 Å². The largest absolute Gasteiger partial charge is 0.495 e. The molecule has 1 heterocycles. The van der Waals surface area contributed by atoms with Gasteiger partial charge in [0.05, 0.1) is 32.7 Å². The van der Waals surface area contributed by atoms with Crippen LogP contribution >= 0.6 is 0 Å². The molecule has 0 radical (unpaired) electrons. The van der Waals surface area contributed by atoms with E-state index < -0.39 is 17.7 Å². The Morgan fingerprint density at radius 1 is 0.882 bits per heavy atom. The number of benzene rings is 2. The molecule has 2 N–H and O–H groups in total.